The van der Waals surface area contributed by atoms with Crippen molar-refractivity contribution in [2.75, 3.05) is 13.1 Å². The number of nitrogens with one attached hydrogen (secondary N) is 2. The lowest BCUT2D eigenvalue weighted by molar-refractivity contribution is -0.120. The number of fused-ring (bicyclic) bond motifs is 2. The van der Waals surface area contributed by atoms with Crippen molar-refractivity contribution in [2.45, 2.75) is 15.7 Å². The number of benzene rings is 3. The SMILES string of the molecule is O=C(CNC(=O)c1ccc(F)cc1)NCC1c2ccccc2Sc2ccc(Cl)cc21. The molecular weight excluding hydrogens is 423 g/mol. The number of rotatable bonds is 5. The van der Waals surface area contributed by atoms with E-state index in [4.69, 9.17) is 11.6 Å². The molecule has 0 radical (unpaired) electrons. The molecule has 1 aliphatic rings. The Morgan fingerprint density at radius 1 is 0.933 bits per heavy atom. The standard InChI is InChI=1S/C23H18ClFN2O2S/c24-15-7-10-21-18(11-15)19(17-3-1-2-4-20(17)30-21)12-26-22(28)13-27-23(29)14-5-8-16(25)9-6-14/h1-11,19H,12-13H2,(H,26,28)(H,27,29). The topological polar surface area (TPSA) is 58.2 Å². The minimum atomic E-state index is -0.429. The van der Waals surface area contributed by atoms with E-state index in [0.717, 1.165) is 20.9 Å². The zero-order valence-electron chi connectivity index (χ0n) is 15.8. The van der Waals surface area contributed by atoms with Crippen LogP contribution in [0.3, 0.4) is 0 Å². The molecule has 3 aromatic rings. The van der Waals surface area contributed by atoms with Crippen molar-refractivity contribution in [3.8, 4) is 0 Å². The van der Waals surface area contributed by atoms with E-state index in [0.29, 0.717) is 17.1 Å². The van der Waals surface area contributed by atoms with Crippen molar-refractivity contribution in [1.82, 2.24) is 10.6 Å². The predicted octanol–water partition coefficient (Wildman–Crippen LogP) is 4.62. The number of hydrogen-bond donors (Lipinski definition) is 2. The van der Waals surface area contributed by atoms with Gasteiger partial charge in [0.25, 0.3) is 5.91 Å². The number of hydrogen-bond acceptors (Lipinski definition) is 3. The zero-order chi connectivity index (χ0) is 21.1. The van der Waals surface area contributed by atoms with Gasteiger partial charge in [0.1, 0.15) is 5.82 Å². The second-order valence-corrected chi connectivity index (χ2v) is 8.39. The van der Waals surface area contributed by atoms with Crippen LogP contribution in [0.4, 0.5) is 4.39 Å². The van der Waals surface area contributed by atoms with Crippen LogP contribution < -0.4 is 10.6 Å². The van der Waals surface area contributed by atoms with Crippen molar-refractivity contribution >= 4 is 35.2 Å². The van der Waals surface area contributed by atoms with E-state index in [-0.39, 0.29) is 18.4 Å². The summed E-state index contributed by atoms with van der Waals surface area (Å²) in [7, 11) is 0. The van der Waals surface area contributed by atoms with Gasteiger partial charge in [-0.3, -0.25) is 9.59 Å². The summed E-state index contributed by atoms with van der Waals surface area (Å²) in [6.07, 6.45) is 0. The molecule has 0 saturated carbocycles. The molecule has 2 N–H and O–H groups in total. The monoisotopic (exact) mass is 440 g/mol. The van der Waals surface area contributed by atoms with E-state index in [1.807, 2.05) is 30.3 Å². The van der Waals surface area contributed by atoms with Gasteiger partial charge >= 0.3 is 0 Å². The smallest absolute Gasteiger partial charge is 0.251 e. The van der Waals surface area contributed by atoms with Crippen molar-refractivity contribution in [2.24, 2.45) is 0 Å². The van der Waals surface area contributed by atoms with Gasteiger partial charge in [0.05, 0.1) is 6.54 Å². The summed E-state index contributed by atoms with van der Waals surface area (Å²) in [6.45, 7) is 0.220. The largest absolute Gasteiger partial charge is 0.354 e. The first-order valence-corrected chi connectivity index (χ1v) is 10.6. The molecule has 3 aromatic carbocycles. The molecule has 0 aromatic heterocycles. The average Bonchev–Trinajstić information content (AvgIpc) is 2.75. The van der Waals surface area contributed by atoms with Gasteiger partial charge in [-0.05, 0) is 59.7 Å². The first kappa shape index (κ1) is 20.4. The van der Waals surface area contributed by atoms with Gasteiger partial charge in [-0.15, -0.1) is 0 Å². The van der Waals surface area contributed by atoms with Gasteiger partial charge in [-0.1, -0.05) is 41.6 Å². The molecule has 30 heavy (non-hydrogen) atoms. The zero-order valence-corrected chi connectivity index (χ0v) is 17.4. The van der Waals surface area contributed by atoms with E-state index < -0.39 is 11.7 Å². The fourth-order valence-electron chi connectivity index (χ4n) is 3.39. The highest BCUT2D eigenvalue weighted by Gasteiger charge is 2.26. The maximum Gasteiger partial charge on any atom is 0.251 e. The lowest BCUT2D eigenvalue weighted by Crippen LogP contribution is -2.39. The highest BCUT2D eigenvalue weighted by molar-refractivity contribution is 7.99. The molecule has 152 valence electrons. The Hall–Kier alpha value is -2.83. The summed E-state index contributed by atoms with van der Waals surface area (Å²) >= 11 is 7.90. The lowest BCUT2D eigenvalue weighted by atomic mass is 9.90. The number of carbonyl (C=O) groups is 2. The van der Waals surface area contributed by atoms with Crippen molar-refractivity contribution in [3.63, 3.8) is 0 Å². The number of halogens is 2. The summed E-state index contributed by atoms with van der Waals surface area (Å²) in [5, 5.41) is 6.11. The van der Waals surface area contributed by atoms with Crippen LogP contribution in [-0.4, -0.2) is 24.9 Å². The Balaban J connectivity index is 1.42. The third kappa shape index (κ3) is 4.50. The van der Waals surface area contributed by atoms with Gasteiger partial charge in [0.2, 0.25) is 5.91 Å². The van der Waals surface area contributed by atoms with E-state index in [9.17, 15) is 14.0 Å². The third-order valence-electron chi connectivity index (χ3n) is 4.88. The first-order valence-electron chi connectivity index (χ1n) is 9.38. The molecule has 0 bridgehead atoms. The summed E-state index contributed by atoms with van der Waals surface area (Å²) in [4.78, 5) is 26.7. The Kier molecular flexibility index (Phi) is 6.06. The van der Waals surface area contributed by atoms with Crippen molar-refractivity contribution < 1.29 is 14.0 Å². The first-order chi connectivity index (χ1) is 14.5. The summed E-state index contributed by atoms with van der Waals surface area (Å²) in [5.74, 6) is -1.19. The molecule has 2 amide bonds. The fourth-order valence-corrected chi connectivity index (χ4v) is 4.74. The van der Waals surface area contributed by atoms with Gasteiger partial charge in [-0.2, -0.15) is 0 Å². The van der Waals surface area contributed by atoms with Crippen LogP contribution in [0, 0.1) is 5.82 Å². The molecule has 1 aliphatic heterocycles. The van der Waals surface area contributed by atoms with Gasteiger partial charge in [0, 0.05) is 32.8 Å². The van der Waals surface area contributed by atoms with Crippen LogP contribution in [0.5, 0.6) is 0 Å². The van der Waals surface area contributed by atoms with Crippen LogP contribution in [0.1, 0.15) is 27.4 Å². The maximum absolute atomic E-state index is 13.0. The second kappa shape index (κ2) is 8.90. The average molecular weight is 441 g/mol. The fraction of sp³-hybridized carbons (Fsp3) is 0.130. The van der Waals surface area contributed by atoms with E-state index in [2.05, 4.69) is 22.8 Å². The number of carbonyl (C=O) groups excluding carboxylic acids is 2. The van der Waals surface area contributed by atoms with Crippen LogP contribution in [-0.2, 0) is 4.79 Å². The minimum Gasteiger partial charge on any atom is -0.354 e. The van der Waals surface area contributed by atoms with Crippen LogP contribution in [0.25, 0.3) is 0 Å². The summed E-state index contributed by atoms with van der Waals surface area (Å²) in [5.41, 5.74) is 2.50. The van der Waals surface area contributed by atoms with E-state index in [1.165, 1.54) is 24.3 Å². The molecule has 4 rings (SSSR count). The molecule has 4 nitrogen and oxygen atoms in total. The maximum atomic E-state index is 13.0. The van der Waals surface area contributed by atoms with Crippen molar-refractivity contribution in [3.05, 3.63) is 94.3 Å². The molecule has 0 fully saturated rings. The predicted molar refractivity (Wildman–Crippen MR) is 116 cm³/mol. The van der Waals surface area contributed by atoms with Gasteiger partial charge in [0.15, 0.2) is 0 Å². The molecule has 7 heteroatoms. The Morgan fingerprint density at radius 2 is 1.67 bits per heavy atom. The minimum absolute atomic E-state index is 0.0344. The van der Waals surface area contributed by atoms with E-state index >= 15 is 0 Å². The van der Waals surface area contributed by atoms with Crippen LogP contribution >= 0.6 is 23.4 Å². The molecule has 1 heterocycles. The Bertz CT molecular complexity index is 1100. The lowest BCUT2D eigenvalue weighted by Gasteiger charge is -2.28. The Labute approximate surface area is 182 Å². The van der Waals surface area contributed by atoms with Gasteiger partial charge in [-0.25, -0.2) is 4.39 Å². The van der Waals surface area contributed by atoms with Crippen LogP contribution in [0.15, 0.2) is 76.5 Å². The molecule has 1 atom stereocenters. The van der Waals surface area contributed by atoms with Gasteiger partial charge < -0.3 is 10.6 Å². The quantitative estimate of drug-likeness (QED) is 0.608. The Morgan fingerprint density at radius 3 is 2.47 bits per heavy atom. The molecule has 1 unspecified atom stereocenters. The van der Waals surface area contributed by atoms with Crippen molar-refractivity contribution in [1.29, 1.82) is 0 Å². The highest BCUT2D eigenvalue weighted by Crippen LogP contribution is 2.46. The summed E-state index contributed by atoms with van der Waals surface area (Å²) < 4.78 is 13.0. The highest BCUT2D eigenvalue weighted by atomic mass is 35.5. The molecule has 0 aliphatic carbocycles. The molecular formula is C23H18ClFN2O2S. The van der Waals surface area contributed by atoms with Crippen LogP contribution in [0.2, 0.25) is 5.02 Å². The third-order valence-corrected chi connectivity index (χ3v) is 6.30. The normalized spacial score (nSPS) is 14.4. The molecule has 0 spiro atoms. The summed E-state index contributed by atoms with van der Waals surface area (Å²) in [6, 6.07) is 19.0. The molecule has 0 saturated heterocycles. The van der Waals surface area contributed by atoms with E-state index in [1.54, 1.807) is 11.8 Å². The second-order valence-electron chi connectivity index (χ2n) is 6.87. The number of amides is 2.